The molecule has 8 heteroatoms. The van der Waals surface area contributed by atoms with Crippen molar-refractivity contribution in [1.29, 1.82) is 0 Å². The van der Waals surface area contributed by atoms with Crippen LogP contribution in [0.15, 0.2) is 30.5 Å². The van der Waals surface area contributed by atoms with E-state index in [9.17, 15) is 14.4 Å². The lowest BCUT2D eigenvalue weighted by atomic mass is 9.99. The summed E-state index contributed by atoms with van der Waals surface area (Å²) in [5.41, 5.74) is 13.7. The smallest absolute Gasteiger partial charge is 0.245 e. The van der Waals surface area contributed by atoms with Gasteiger partial charge in [0.25, 0.3) is 0 Å². The molecule has 0 unspecified atom stereocenters. The molecule has 0 saturated heterocycles. The number of carbonyl (C=O) groups excluding carboxylic acids is 3. The van der Waals surface area contributed by atoms with Gasteiger partial charge < -0.3 is 26.7 Å². The first-order valence-electron chi connectivity index (χ1n) is 11.3. The summed E-state index contributed by atoms with van der Waals surface area (Å²) in [5, 5.41) is 3.84. The maximum atomic E-state index is 13.2. The van der Waals surface area contributed by atoms with Crippen LogP contribution in [0.5, 0.6) is 0 Å². The number of amides is 3. The van der Waals surface area contributed by atoms with Crippen LogP contribution >= 0.6 is 0 Å². The van der Waals surface area contributed by atoms with Gasteiger partial charge in [-0.2, -0.15) is 0 Å². The van der Waals surface area contributed by atoms with Crippen molar-refractivity contribution in [2.45, 2.75) is 71.0 Å². The molecule has 0 spiro atoms. The number of nitrogens with zero attached hydrogens (tertiary/aromatic N) is 1. The predicted octanol–water partition coefficient (Wildman–Crippen LogP) is 2.07. The normalized spacial score (nSPS) is 14.2. The third kappa shape index (κ3) is 6.56. The largest absolute Gasteiger partial charge is 0.368 e. The van der Waals surface area contributed by atoms with Crippen LogP contribution in [0.4, 0.5) is 0 Å². The van der Waals surface area contributed by atoms with Gasteiger partial charge in [0.2, 0.25) is 17.7 Å². The van der Waals surface area contributed by atoms with Crippen LogP contribution in [-0.2, 0) is 20.8 Å². The number of aromatic amines is 1. The highest BCUT2D eigenvalue weighted by Gasteiger charge is 2.32. The molecule has 6 N–H and O–H groups in total. The topological polar surface area (TPSA) is 134 Å². The molecule has 1 aromatic heterocycles. The number of H-pyrrole nitrogens is 1. The number of aromatic nitrogens is 1. The van der Waals surface area contributed by atoms with Gasteiger partial charge in [-0.25, -0.2) is 0 Å². The number of para-hydroxylation sites is 1. The van der Waals surface area contributed by atoms with Gasteiger partial charge in [0.15, 0.2) is 0 Å². The third-order valence-corrected chi connectivity index (χ3v) is 5.75. The molecular formula is C24H37N5O3. The number of hydrogen-bond donors (Lipinski definition) is 4. The van der Waals surface area contributed by atoms with Crippen LogP contribution in [0.3, 0.4) is 0 Å². The molecule has 32 heavy (non-hydrogen) atoms. The summed E-state index contributed by atoms with van der Waals surface area (Å²) >= 11 is 0. The first kappa shape index (κ1) is 25.4. The zero-order valence-corrected chi connectivity index (χ0v) is 19.6. The van der Waals surface area contributed by atoms with Crippen LogP contribution in [0.1, 0.15) is 52.0 Å². The molecular weight excluding hydrogens is 406 g/mol. The monoisotopic (exact) mass is 443 g/mol. The molecule has 8 nitrogen and oxygen atoms in total. The Morgan fingerprint density at radius 3 is 2.50 bits per heavy atom. The highest BCUT2D eigenvalue weighted by Crippen LogP contribution is 2.19. The van der Waals surface area contributed by atoms with Crippen molar-refractivity contribution in [3.8, 4) is 0 Å². The number of nitrogens with two attached hydrogens (primary N) is 2. The Labute approximate surface area is 190 Å². The van der Waals surface area contributed by atoms with Gasteiger partial charge in [0.05, 0.1) is 6.04 Å². The van der Waals surface area contributed by atoms with Crippen molar-refractivity contribution in [3.63, 3.8) is 0 Å². The fourth-order valence-electron chi connectivity index (χ4n) is 3.93. The van der Waals surface area contributed by atoms with E-state index < -0.39 is 29.9 Å². The number of unbranched alkanes of at least 4 members (excludes halogenated alkanes) is 1. The lowest BCUT2D eigenvalue weighted by molar-refractivity contribution is -0.141. The van der Waals surface area contributed by atoms with Crippen molar-refractivity contribution in [3.05, 3.63) is 36.0 Å². The quantitative estimate of drug-likeness (QED) is 0.399. The summed E-state index contributed by atoms with van der Waals surface area (Å²) in [6.07, 6.45) is 4.80. The molecule has 1 heterocycles. The fourth-order valence-corrected chi connectivity index (χ4v) is 3.93. The zero-order chi connectivity index (χ0) is 23.8. The summed E-state index contributed by atoms with van der Waals surface area (Å²) in [4.78, 5) is 42.6. The molecule has 0 radical (unpaired) electrons. The molecule has 176 valence electrons. The lowest BCUT2D eigenvalue weighted by Gasteiger charge is -2.31. The average molecular weight is 444 g/mol. The second-order valence-corrected chi connectivity index (χ2v) is 8.87. The second kappa shape index (κ2) is 11.7. The number of carbonyl (C=O) groups is 3. The van der Waals surface area contributed by atoms with E-state index in [-0.39, 0.29) is 11.8 Å². The molecule has 2 aromatic rings. The summed E-state index contributed by atoms with van der Waals surface area (Å²) in [6, 6.07) is 5.53. The van der Waals surface area contributed by atoms with Crippen LogP contribution in [-0.4, -0.2) is 52.8 Å². The number of fused-ring (bicyclic) bond motifs is 1. The van der Waals surface area contributed by atoms with Crippen LogP contribution < -0.4 is 16.8 Å². The van der Waals surface area contributed by atoms with E-state index in [1.807, 2.05) is 51.2 Å². The highest BCUT2D eigenvalue weighted by molar-refractivity contribution is 5.93. The first-order chi connectivity index (χ1) is 15.1. The lowest BCUT2D eigenvalue weighted by Crippen LogP contribution is -2.56. The maximum Gasteiger partial charge on any atom is 0.245 e. The molecule has 0 aliphatic heterocycles. The van der Waals surface area contributed by atoms with E-state index in [1.165, 1.54) is 4.90 Å². The van der Waals surface area contributed by atoms with Gasteiger partial charge in [0, 0.05) is 24.1 Å². The molecule has 0 fully saturated rings. The van der Waals surface area contributed by atoms with E-state index >= 15 is 0 Å². The van der Waals surface area contributed by atoms with E-state index in [0.717, 1.165) is 29.3 Å². The van der Waals surface area contributed by atoms with Crippen LogP contribution in [0, 0.1) is 5.92 Å². The third-order valence-electron chi connectivity index (χ3n) is 5.75. The Balaban J connectivity index is 2.11. The van der Waals surface area contributed by atoms with E-state index in [4.69, 9.17) is 11.5 Å². The van der Waals surface area contributed by atoms with Crippen molar-refractivity contribution in [1.82, 2.24) is 15.2 Å². The molecule has 0 bridgehead atoms. The Bertz CT molecular complexity index is 923. The molecule has 1 aromatic carbocycles. The standard InChI is InChI=1S/C24H37N5O3/c1-5-6-11-21(22(26)30)29(4)24(32)20(12-15(2)3)28-23(31)18(25)13-16-14-27-19-10-8-7-9-17(16)19/h7-10,14-15,18,20-21,27H,5-6,11-13,25H2,1-4H3,(H2,26,30)(H,28,31)/t18-,20+,21+/m1/s1. The second-order valence-electron chi connectivity index (χ2n) is 8.87. The molecule has 0 aliphatic carbocycles. The number of hydrogen-bond acceptors (Lipinski definition) is 4. The number of primary amides is 1. The van der Waals surface area contributed by atoms with Gasteiger partial charge in [0.1, 0.15) is 12.1 Å². The maximum absolute atomic E-state index is 13.2. The van der Waals surface area contributed by atoms with E-state index in [2.05, 4.69) is 10.3 Å². The average Bonchev–Trinajstić information content (AvgIpc) is 3.15. The van der Waals surface area contributed by atoms with Gasteiger partial charge in [-0.1, -0.05) is 51.8 Å². The van der Waals surface area contributed by atoms with Gasteiger partial charge in [-0.15, -0.1) is 0 Å². The SMILES string of the molecule is CCCC[C@@H](C(N)=O)N(C)C(=O)[C@H](CC(C)C)NC(=O)[C@H](N)Cc1c[nH]c2ccccc12. The minimum atomic E-state index is -0.811. The van der Waals surface area contributed by atoms with E-state index in [0.29, 0.717) is 19.3 Å². The van der Waals surface area contributed by atoms with Crippen molar-refractivity contribution < 1.29 is 14.4 Å². The first-order valence-corrected chi connectivity index (χ1v) is 11.3. The minimum Gasteiger partial charge on any atom is -0.368 e. The minimum absolute atomic E-state index is 0.158. The summed E-state index contributed by atoms with van der Waals surface area (Å²) in [6.45, 7) is 5.96. The number of rotatable bonds is 12. The van der Waals surface area contributed by atoms with Gasteiger partial charge in [-0.3, -0.25) is 14.4 Å². The summed E-state index contributed by atoms with van der Waals surface area (Å²) < 4.78 is 0. The summed E-state index contributed by atoms with van der Waals surface area (Å²) in [5.74, 6) is -1.11. The van der Waals surface area contributed by atoms with Gasteiger partial charge >= 0.3 is 0 Å². The Hall–Kier alpha value is -2.87. The predicted molar refractivity (Wildman–Crippen MR) is 127 cm³/mol. The molecule has 0 aliphatic rings. The number of likely N-dealkylation sites (N-methyl/N-ethyl adjacent to an activating group) is 1. The van der Waals surface area contributed by atoms with Gasteiger partial charge in [-0.05, 0) is 36.8 Å². The van der Waals surface area contributed by atoms with Crippen molar-refractivity contribution >= 4 is 28.6 Å². The van der Waals surface area contributed by atoms with Crippen molar-refractivity contribution in [2.75, 3.05) is 7.05 Å². The Morgan fingerprint density at radius 2 is 1.88 bits per heavy atom. The molecule has 3 amide bonds. The summed E-state index contributed by atoms with van der Waals surface area (Å²) in [7, 11) is 1.57. The van der Waals surface area contributed by atoms with Crippen LogP contribution in [0.25, 0.3) is 10.9 Å². The number of nitrogens with one attached hydrogen (secondary N) is 2. The zero-order valence-electron chi connectivity index (χ0n) is 19.6. The number of benzene rings is 1. The highest BCUT2D eigenvalue weighted by atomic mass is 16.2. The van der Waals surface area contributed by atoms with Crippen molar-refractivity contribution in [2.24, 2.45) is 17.4 Å². The molecule has 3 atom stereocenters. The molecule has 0 saturated carbocycles. The molecule has 2 rings (SSSR count). The fraction of sp³-hybridized carbons (Fsp3) is 0.542. The Kier molecular flexibility index (Phi) is 9.26. The van der Waals surface area contributed by atoms with E-state index in [1.54, 1.807) is 7.05 Å². The van der Waals surface area contributed by atoms with Crippen LogP contribution in [0.2, 0.25) is 0 Å². The Morgan fingerprint density at radius 1 is 1.19 bits per heavy atom.